The zero-order valence-corrected chi connectivity index (χ0v) is 21.5. The minimum absolute atomic E-state index is 0.0905. The number of halogens is 4. The van der Waals surface area contributed by atoms with E-state index in [0.29, 0.717) is 11.5 Å². The Morgan fingerprint density at radius 2 is 1.32 bits per heavy atom. The Labute approximate surface area is 217 Å². The number of allylic oxidation sites excluding steroid dienone is 2. The highest BCUT2D eigenvalue weighted by molar-refractivity contribution is 5.66. The van der Waals surface area contributed by atoms with Gasteiger partial charge in [-0.25, -0.2) is 13.2 Å². The number of benzene rings is 3. The molecule has 0 amide bonds. The van der Waals surface area contributed by atoms with Crippen LogP contribution in [0.15, 0.2) is 60.7 Å². The molecule has 1 fully saturated rings. The van der Waals surface area contributed by atoms with Crippen LogP contribution in [0, 0.1) is 29.2 Å². The third-order valence-corrected chi connectivity index (χ3v) is 7.45. The summed E-state index contributed by atoms with van der Waals surface area (Å²) in [5, 5.41) is 0. The Kier molecular flexibility index (Phi) is 9.07. The van der Waals surface area contributed by atoms with Crippen molar-refractivity contribution in [2.45, 2.75) is 64.2 Å². The van der Waals surface area contributed by atoms with Crippen LogP contribution in [0.25, 0.3) is 11.1 Å². The second-order valence-electron chi connectivity index (χ2n) is 9.92. The monoisotopic (exact) mass is 510 g/mol. The van der Waals surface area contributed by atoms with E-state index in [9.17, 15) is 13.2 Å². The molecule has 196 valence electrons. The maximum absolute atomic E-state index is 15.1. The van der Waals surface area contributed by atoms with Crippen molar-refractivity contribution in [2.24, 2.45) is 5.92 Å². The van der Waals surface area contributed by atoms with Gasteiger partial charge in [-0.2, -0.15) is 4.39 Å². The number of rotatable bonds is 9. The smallest absolute Gasteiger partial charge is 0.201 e. The van der Waals surface area contributed by atoms with Crippen LogP contribution in [-0.4, -0.2) is 7.11 Å². The maximum atomic E-state index is 15.1. The molecule has 0 unspecified atom stereocenters. The van der Waals surface area contributed by atoms with Gasteiger partial charge in [0.05, 0.1) is 7.11 Å². The molecule has 1 nitrogen and oxygen atoms in total. The molecule has 0 radical (unpaired) electrons. The largest absolute Gasteiger partial charge is 0.494 e. The third kappa shape index (κ3) is 6.26. The molecule has 1 saturated carbocycles. The second-order valence-corrected chi connectivity index (χ2v) is 9.92. The molecule has 0 spiro atoms. The molecular weight excluding hydrogens is 476 g/mol. The normalized spacial score (nSPS) is 17.9. The van der Waals surface area contributed by atoms with Crippen LogP contribution in [0.2, 0.25) is 0 Å². The Morgan fingerprint density at radius 1 is 0.730 bits per heavy atom. The fraction of sp³-hybridized carbons (Fsp3) is 0.375. The highest BCUT2D eigenvalue weighted by atomic mass is 19.2. The van der Waals surface area contributed by atoms with Gasteiger partial charge in [-0.1, -0.05) is 61.9 Å². The molecule has 0 heterocycles. The van der Waals surface area contributed by atoms with Crippen LogP contribution in [0.4, 0.5) is 17.6 Å². The van der Waals surface area contributed by atoms with Crippen LogP contribution in [0.1, 0.15) is 68.1 Å². The lowest BCUT2D eigenvalue weighted by atomic mass is 9.78. The second kappa shape index (κ2) is 12.4. The quantitative estimate of drug-likeness (QED) is 0.206. The zero-order chi connectivity index (χ0) is 26.4. The van der Waals surface area contributed by atoms with Gasteiger partial charge in [0.2, 0.25) is 5.82 Å². The Hall–Kier alpha value is -3.08. The summed E-state index contributed by atoms with van der Waals surface area (Å²) in [7, 11) is 1.21. The Balaban J connectivity index is 1.34. The minimum atomic E-state index is -1.26. The van der Waals surface area contributed by atoms with Crippen molar-refractivity contribution in [3.8, 4) is 16.9 Å². The molecule has 0 aromatic heterocycles. The average molecular weight is 511 g/mol. The van der Waals surface area contributed by atoms with Gasteiger partial charge in [-0.15, -0.1) is 0 Å². The summed E-state index contributed by atoms with van der Waals surface area (Å²) in [4.78, 5) is 0. The van der Waals surface area contributed by atoms with Gasteiger partial charge in [-0.05, 0) is 85.6 Å². The van der Waals surface area contributed by atoms with Gasteiger partial charge in [0, 0.05) is 11.1 Å². The van der Waals surface area contributed by atoms with Gasteiger partial charge in [-0.3, -0.25) is 0 Å². The van der Waals surface area contributed by atoms with Crippen molar-refractivity contribution in [2.75, 3.05) is 7.11 Å². The lowest BCUT2D eigenvalue weighted by molar-refractivity contribution is 0.363. The molecule has 1 aliphatic rings. The zero-order valence-electron chi connectivity index (χ0n) is 21.5. The molecule has 4 rings (SSSR count). The van der Waals surface area contributed by atoms with Crippen molar-refractivity contribution < 1.29 is 22.3 Å². The molecule has 0 saturated heterocycles. The Bertz CT molecular complexity index is 1220. The van der Waals surface area contributed by atoms with Crippen molar-refractivity contribution in [3.63, 3.8) is 0 Å². The predicted molar refractivity (Wildman–Crippen MR) is 141 cm³/mol. The first-order chi connectivity index (χ1) is 17.9. The van der Waals surface area contributed by atoms with Crippen molar-refractivity contribution in [1.82, 2.24) is 0 Å². The van der Waals surface area contributed by atoms with Gasteiger partial charge >= 0.3 is 0 Å². The third-order valence-electron chi connectivity index (χ3n) is 7.45. The first-order valence-electron chi connectivity index (χ1n) is 13.2. The lowest BCUT2D eigenvalue weighted by Crippen LogP contribution is -2.14. The standard InChI is InChI=1S/C32H34F4O/c1-3-6-21-9-11-22(12-10-21)7-4-5-8-23-13-15-24(16-14-23)25-17-18-26(30(34)29(25)33)27-19-20-28(37-2)32(36)31(27)35/h5,8-12,17-20,23-24H,3-4,6-7,13-16H2,1-2H3/b8-5+. The van der Waals surface area contributed by atoms with Gasteiger partial charge in [0.1, 0.15) is 0 Å². The average Bonchev–Trinajstić information content (AvgIpc) is 2.91. The van der Waals surface area contributed by atoms with Gasteiger partial charge in [0.15, 0.2) is 23.2 Å². The first kappa shape index (κ1) is 27.0. The summed E-state index contributed by atoms with van der Waals surface area (Å²) in [6.07, 6.45) is 12.1. The number of ether oxygens (including phenoxy) is 1. The van der Waals surface area contributed by atoms with Crippen LogP contribution in [0.5, 0.6) is 5.75 Å². The summed E-state index contributed by atoms with van der Waals surface area (Å²) in [6.45, 7) is 2.19. The highest BCUT2D eigenvalue weighted by Crippen LogP contribution is 2.40. The first-order valence-corrected chi connectivity index (χ1v) is 13.2. The Morgan fingerprint density at radius 3 is 1.95 bits per heavy atom. The van der Waals surface area contributed by atoms with Crippen LogP contribution < -0.4 is 4.74 Å². The van der Waals surface area contributed by atoms with E-state index in [4.69, 9.17) is 4.74 Å². The van der Waals surface area contributed by atoms with E-state index in [1.54, 1.807) is 0 Å². The number of hydrogen-bond acceptors (Lipinski definition) is 1. The molecule has 3 aromatic carbocycles. The summed E-state index contributed by atoms with van der Waals surface area (Å²) in [5.41, 5.74) is 2.41. The van der Waals surface area contributed by atoms with E-state index in [-0.39, 0.29) is 22.8 Å². The van der Waals surface area contributed by atoms with Crippen molar-refractivity contribution >= 4 is 0 Å². The van der Waals surface area contributed by atoms with E-state index in [2.05, 4.69) is 43.3 Å². The van der Waals surface area contributed by atoms with Crippen LogP contribution in [-0.2, 0) is 12.8 Å². The van der Waals surface area contributed by atoms with E-state index in [0.717, 1.165) is 51.4 Å². The topological polar surface area (TPSA) is 9.23 Å². The summed E-state index contributed by atoms with van der Waals surface area (Å²) < 4.78 is 63.3. The maximum Gasteiger partial charge on any atom is 0.201 e. The molecule has 0 aliphatic heterocycles. The molecular formula is C32H34F4O. The van der Waals surface area contributed by atoms with E-state index in [1.165, 1.54) is 42.5 Å². The van der Waals surface area contributed by atoms with E-state index < -0.39 is 23.3 Å². The van der Waals surface area contributed by atoms with Crippen LogP contribution >= 0.6 is 0 Å². The summed E-state index contributed by atoms with van der Waals surface area (Å²) in [6, 6.07) is 14.1. The van der Waals surface area contributed by atoms with Crippen molar-refractivity contribution in [1.29, 1.82) is 0 Å². The minimum Gasteiger partial charge on any atom is -0.494 e. The van der Waals surface area contributed by atoms with E-state index >= 15 is 4.39 Å². The highest BCUT2D eigenvalue weighted by Gasteiger charge is 2.27. The molecule has 1 aliphatic carbocycles. The molecule has 37 heavy (non-hydrogen) atoms. The van der Waals surface area contributed by atoms with E-state index in [1.807, 2.05) is 0 Å². The molecule has 0 atom stereocenters. The SMILES string of the molecule is CCCc1ccc(CC/C=C/C2CCC(c3ccc(-c4ccc(OC)c(F)c4F)c(F)c3F)CC2)cc1. The fourth-order valence-electron chi connectivity index (χ4n) is 5.31. The number of hydrogen-bond donors (Lipinski definition) is 0. The molecule has 3 aromatic rings. The molecule has 0 N–H and O–H groups in total. The van der Waals surface area contributed by atoms with Crippen molar-refractivity contribution in [3.05, 3.63) is 101 Å². The number of methoxy groups -OCH3 is 1. The summed E-state index contributed by atoms with van der Waals surface area (Å²) in [5.74, 6) is -4.54. The summed E-state index contributed by atoms with van der Waals surface area (Å²) >= 11 is 0. The fourth-order valence-corrected chi connectivity index (χ4v) is 5.31. The van der Waals surface area contributed by atoms with Crippen LogP contribution in [0.3, 0.4) is 0 Å². The molecule has 5 heteroatoms. The predicted octanol–water partition coefficient (Wildman–Crippen LogP) is 9.33. The lowest BCUT2D eigenvalue weighted by Gasteiger charge is -2.27. The van der Waals surface area contributed by atoms with Gasteiger partial charge < -0.3 is 4.74 Å². The number of aryl methyl sites for hydroxylation is 2. The van der Waals surface area contributed by atoms with Gasteiger partial charge in [0.25, 0.3) is 0 Å². The molecule has 0 bridgehead atoms.